The predicted molar refractivity (Wildman–Crippen MR) is 129 cm³/mol. The van der Waals surface area contributed by atoms with Crippen LogP contribution < -0.4 is 10.6 Å². The average molecular weight is 442 g/mol. The minimum absolute atomic E-state index is 0.0785. The molecule has 4 heterocycles. The summed E-state index contributed by atoms with van der Waals surface area (Å²) >= 11 is 0. The molecule has 0 aliphatic carbocycles. The molecule has 0 spiro atoms. The van der Waals surface area contributed by atoms with Crippen molar-refractivity contribution in [3.8, 4) is 11.3 Å². The number of hydrogen-bond donors (Lipinski definition) is 3. The van der Waals surface area contributed by atoms with Crippen LogP contribution in [-0.4, -0.2) is 56.9 Å². The Labute approximate surface area is 192 Å². The number of amides is 1. The summed E-state index contributed by atoms with van der Waals surface area (Å²) in [6.07, 6.45) is 9.06. The Hall–Kier alpha value is -3.78. The van der Waals surface area contributed by atoms with Crippen LogP contribution in [0.3, 0.4) is 0 Å². The van der Waals surface area contributed by atoms with Crippen molar-refractivity contribution in [3.05, 3.63) is 66.7 Å². The van der Waals surface area contributed by atoms with Gasteiger partial charge < -0.3 is 20.5 Å². The van der Waals surface area contributed by atoms with E-state index in [1.807, 2.05) is 42.5 Å². The minimum Gasteiger partial charge on any atom is -0.351 e. The van der Waals surface area contributed by atoms with E-state index >= 15 is 0 Å². The van der Waals surface area contributed by atoms with E-state index in [9.17, 15) is 4.79 Å². The highest BCUT2D eigenvalue weighted by Crippen LogP contribution is 2.23. The van der Waals surface area contributed by atoms with Gasteiger partial charge in [0.25, 0.3) is 5.91 Å². The first-order chi connectivity index (χ1) is 16.2. The second-order valence-corrected chi connectivity index (χ2v) is 8.28. The Bertz CT molecular complexity index is 1230. The van der Waals surface area contributed by atoms with Gasteiger partial charge in [-0.15, -0.1) is 0 Å². The van der Waals surface area contributed by atoms with Crippen LogP contribution in [0.1, 0.15) is 29.8 Å². The van der Waals surface area contributed by atoms with E-state index in [1.165, 1.54) is 19.3 Å². The zero-order valence-electron chi connectivity index (χ0n) is 18.4. The number of benzene rings is 1. The molecule has 0 bridgehead atoms. The molecular formula is C25H27N7O. The zero-order chi connectivity index (χ0) is 22.5. The van der Waals surface area contributed by atoms with Gasteiger partial charge in [0.15, 0.2) is 0 Å². The van der Waals surface area contributed by atoms with Gasteiger partial charge in [-0.2, -0.15) is 0 Å². The van der Waals surface area contributed by atoms with Gasteiger partial charge in [-0.3, -0.25) is 9.78 Å². The molecule has 4 aromatic rings. The molecule has 1 fully saturated rings. The lowest BCUT2D eigenvalue weighted by atomic mass is 10.1. The zero-order valence-corrected chi connectivity index (χ0v) is 18.4. The van der Waals surface area contributed by atoms with Gasteiger partial charge in [-0.25, -0.2) is 9.97 Å². The number of aromatic nitrogens is 4. The Kier molecular flexibility index (Phi) is 6.25. The van der Waals surface area contributed by atoms with Crippen LogP contribution in [0.25, 0.3) is 22.2 Å². The molecule has 1 saturated heterocycles. The molecule has 8 nitrogen and oxygen atoms in total. The molecule has 1 amide bonds. The average Bonchev–Trinajstić information content (AvgIpc) is 3.29. The molecule has 1 aliphatic rings. The van der Waals surface area contributed by atoms with Crippen molar-refractivity contribution in [2.24, 2.45) is 0 Å². The maximum absolute atomic E-state index is 12.6. The summed E-state index contributed by atoms with van der Waals surface area (Å²) in [5.41, 5.74) is 4.05. The lowest BCUT2D eigenvalue weighted by Crippen LogP contribution is -2.37. The maximum atomic E-state index is 12.6. The number of pyridine rings is 1. The predicted octanol–water partition coefficient (Wildman–Crippen LogP) is 3.98. The number of nitrogens with zero attached hydrogens (tertiary/aromatic N) is 4. The number of likely N-dealkylation sites (tertiary alicyclic amines) is 1. The number of anilines is 2. The largest absolute Gasteiger partial charge is 0.351 e. The van der Waals surface area contributed by atoms with Gasteiger partial charge in [0.1, 0.15) is 5.69 Å². The third kappa shape index (κ3) is 5.18. The van der Waals surface area contributed by atoms with E-state index in [-0.39, 0.29) is 5.91 Å². The van der Waals surface area contributed by atoms with E-state index in [4.69, 9.17) is 0 Å². The second-order valence-electron chi connectivity index (χ2n) is 8.28. The molecule has 0 unspecified atom stereocenters. The van der Waals surface area contributed by atoms with Gasteiger partial charge in [0.2, 0.25) is 5.95 Å². The molecule has 0 radical (unpaired) electrons. The monoisotopic (exact) mass is 441 g/mol. The summed E-state index contributed by atoms with van der Waals surface area (Å²) in [6.45, 7) is 3.82. The Balaban J connectivity index is 1.24. The Morgan fingerprint density at radius 2 is 1.97 bits per heavy atom. The van der Waals surface area contributed by atoms with Crippen LogP contribution in [0.15, 0.2) is 61.1 Å². The smallest absolute Gasteiger partial charge is 0.267 e. The van der Waals surface area contributed by atoms with Crippen LogP contribution in [0.5, 0.6) is 0 Å². The van der Waals surface area contributed by atoms with Crippen molar-refractivity contribution in [1.82, 2.24) is 30.2 Å². The second kappa shape index (κ2) is 9.79. The van der Waals surface area contributed by atoms with E-state index < -0.39 is 0 Å². The highest BCUT2D eigenvalue weighted by molar-refractivity contribution is 5.98. The summed E-state index contributed by atoms with van der Waals surface area (Å²) < 4.78 is 0. The molecule has 1 aromatic carbocycles. The van der Waals surface area contributed by atoms with Crippen molar-refractivity contribution in [2.75, 3.05) is 31.5 Å². The van der Waals surface area contributed by atoms with Crippen molar-refractivity contribution in [2.45, 2.75) is 19.3 Å². The molecule has 3 N–H and O–H groups in total. The Morgan fingerprint density at radius 3 is 2.82 bits per heavy atom. The van der Waals surface area contributed by atoms with Crippen LogP contribution in [0.4, 0.5) is 11.6 Å². The van der Waals surface area contributed by atoms with E-state index in [1.54, 1.807) is 18.6 Å². The first kappa shape index (κ1) is 21.1. The topological polar surface area (TPSA) is 98.8 Å². The number of carbonyl (C=O) groups is 1. The summed E-state index contributed by atoms with van der Waals surface area (Å²) in [6, 6.07) is 13.5. The number of nitrogens with one attached hydrogen (secondary N) is 3. The quantitative estimate of drug-likeness (QED) is 0.401. The van der Waals surface area contributed by atoms with Gasteiger partial charge in [-0.1, -0.05) is 6.42 Å². The van der Waals surface area contributed by atoms with Crippen LogP contribution in [0.2, 0.25) is 0 Å². The van der Waals surface area contributed by atoms with E-state index in [0.29, 0.717) is 18.2 Å². The normalized spacial score (nSPS) is 14.3. The highest BCUT2D eigenvalue weighted by Gasteiger charge is 2.13. The van der Waals surface area contributed by atoms with Crippen molar-refractivity contribution >= 4 is 28.4 Å². The van der Waals surface area contributed by atoms with Crippen LogP contribution >= 0.6 is 0 Å². The van der Waals surface area contributed by atoms with Crippen molar-refractivity contribution in [1.29, 1.82) is 0 Å². The minimum atomic E-state index is -0.0785. The molecule has 1 aliphatic heterocycles. The molecule has 8 heteroatoms. The lowest BCUT2D eigenvalue weighted by Gasteiger charge is -2.26. The first-order valence-electron chi connectivity index (χ1n) is 11.4. The molecule has 168 valence electrons. The van der Waals surface area contributed by atoms with Crippen LogP contribution in [0, 0.1) is 0 Å². The number of H-pyrrole nitrogens is 1. The molecule has 5 rings (SSSR count). The molecule has 0 saturated carbocycles. The lowest BCUT2D eigenvalue weighted by molar-refractivity contribution is 0.0942. The van der Waals surface area contributed by atoms with Gasteiger partial charge in [-0.05, 0) is 68.4 Å². The van der Waals surface area contributed by atoms with Crippen LogP contribution in [-0.2, 0) is 0 Å². The van der Waals surface area contributed by atoms with Crippen molar-refractivity contribution < 1.29 is 4.79 Å². The third-order valence-corrected chi connectivity index (χ3v) is 5.90. The number of aromatic amines is 1. The standard InChI is InChI=1S/C25H27N7O/c33-24(27-11-14-32-12-2-1-3-13-32)23-16-19-15-20(6-7-21(19)30-23)29-25-28-10-8-22(31-25)18-5-4-9-26-17-18/h4-10,15-17,30H,1-3,11-14H2,(H,27,33)(H,28,29,31). The SMILES string of the molecule is O=C(NCCN1CCCCC1)c1cc2cc(Nc3nccc(-c4cccnc4)n3)ccc2[nH]1. The number of carbonyl (C=O) groups excluding carboxylic acids is 1. The fourth-order valence-corrected chi connectivity index (χ4v) is 4.16. The summed E-state index contributed by atoms with van der Waals surface area (Å²) in [4.78, 5) is 31.3. The third-order valence-electron chi connectivity index (χ3n) is 5.90. The summed E-state index contributed by atoms with van der Waals surface area (Å²) in [7, 11) is 0. The number of rotatable bonds is 7. The molecular weight excluding hydrogens is 414 g/mol. The fourth-order valence-electron chi connectivity index (χ4n) is 4.16. The molecule has 3 aromatic heterocycles. The Morgan fingerprint density at radius 1 is 1.06 bits per heavy atom. The maximum Gasteiger partial charge on any atom is 0.267 e. The van der Waals surface area contributed by atoms with E-state index in [2.05, 4.69) is 35.5 Å². The highest BCUT2D eigenvalue weighted by atomic mass is 16.1. The molecule has 33 heavy (non-hydrogen) atoms. The van der Waals surface area contributed by atoms with Gasteiger partial charge in [0.05, 0.1) is 5.69 Å². The first-order valence-corrected chi connectivity index (χ1v) is 11.4. The summed E-state index contributed by atoms with van der Waals surface area (Å²) in [5.74, 6) is 0.423. The van der Waals surface area contributed by atoms with Crippen molar-refractivity contribution in [3.63, 3.8) is 0 Å². The number of hydrogen-bond acceptors (Lipinski definition) is 6. The number of piperidine rings is 1. The van der Waals surface area contributed by atoms with Gasteiger partial charge >= 0.3 is 0 Å². The molecule has 0 atom stereocenters. The summed E-state index contributed by atoms with van der Waals surface area (Å²) in [5, 5.41) is 7.23. The number of fused-ring (bicyclic) bond motifs is 1. The van der Waals surface area contributed by atoms with Gasteiger partial charge in [0, 0.05) is 53.8 Å². The van der Waals surface area contributed by atoms with E-state index in [0.717, 1.165) is 47.5 Å². The fraction of sp³-hybridized carbons (Fsp3) is 0.280.